The van der Waals surface area contributed by atoms with E-state index < -0.39 is 16.9 Å². The summed E-state index contributed by atoms with van der Waals surface area (Å²) in [4.78, 5) is 30.6. The molecule has 0 unspecified atom stereocenters. The molecule has 0 radical (unpaired) electrons. The van der Waals surface area contributed by atoms with Crippen molar-refractivity contribution in [3.8, 4) is 11.3 Å². The number of carbonyl (C=O) groups is 2. The number of nitrogens with zero attached hydrogens (tertiary/aromatic N) is 2. The molecule has 3 aromatic rings. The Bertz CT molecular complexity index is 1350. The van der Waals surface area contributed by atoms with Gasteiger partial charge in [0, 0.05) is 21.8 Å². The lowest BCUT2D eigenvalue weighted by molar-refractivity contribution is -0.152. The monoisotopic (exact) mass is 521 g/mol. The van der Waals surface area contributed by atoms with Crippen LogP contribution in [0.4, 0.5) is 0 Å². The van der Waals surface area contributed by atoms with Crippen molar-refractivity contribution in [2.45, 2.75) is 44.6 Å². The second-order valence-corrected chi connectivity index (χ2v) is 10.2. The number of aromatic nitrogens is 1. The molecular weight excluding hydrogens is 498 g/mol. The third-order valence-electron chi connectivity index (χ3n) is 7.51. The van der Waals surface area contributed by atoms with Crippen LogP contribution in [-0.2, 0) is 4.79 Å². The standard InChI is InChI=1S/C26H24BrN3O4/c1-15-21(18-13-17(27)7-8-19(18)28-22(15)16-5-3-2-4-6-16)23(31)29-26-11-9-25(10-12-26,24(32)33)14-20(26)30-34/h2-8,13,34H,9-12,14H2,1H3,(H,29,31)(H,32,33)/b30-20+. The lowest BCUT2D eigenvalue weighted by atomic mass is 9.56. The molecular formula is C26H24BrN3O4. The highest BCUT2D eigenvalue weighted by Gasteiger charge is 2.57. The van der Waals surface area contributed by atoms with E-state index in [1.165, 1.54) is 0 Å². The van der Waals surface area contributed by atoms with Crippen molar-refractivity contribution in [2.75, 3.05) is 0 Å². The molecule has 7 nitrogen and oxygen atoms in total. The number of hydrogen-bond acceptors (Lipinski definition) is 5. The first-order valence-corrected chi connectivity index (χ1v) is 12.0. The number of carboxylic acid groups (broad SMARTS) is 1. The molecule has 3 fully saturated rings. The minimum atomic E-state index is -0.918. The Hall–Kier alpha value is -3.26. The molecule has 8 heteroatoms. The van der Waals surface area contributed by atoms with Crippen LogP contribution in [0.5, 0.6) is 0 Å². The lowest BCUT2D eigenvalue weighted by Crippen LogP contribution is -2.64. The van der Waals surface area contributed by atoms with E-state index in [2.05, 4.69) is 26.4 Å². The van der Waals surface area contributed by atoms with Gasteiger partial charge in [-0.05, 0) is 56.4 Å². The van der Waals surface area contributed by atoms with Gasteiger partial charge in [-0.2, -0.15) is 0 Å². The fraction of sp³-hybridized carbons (Fsp3) is 0.308. The van der Waals surface area contributed by atoms with Crippen molar-refractivity contribution in [3.05, 3.63) is 64.1 Å². The van der Waals surface area contributed by atoms with Gasteiger partial charge in [-0.3, -0.25) is 9.59 Å². The number of oxime groups is 1. The number of benzene rings is 2. The number of fused-ring (bicyclic) bond motifs is 4. The number of pyridine rings is 1. The molecule has 1 heterocycles. The molecule has 3 saturated carbocycles. The van der Waals surface area contributed by atoms with E-state index in [9.17, 15) is 19.9 Å². The van der Waals surface area contributed by atoms with Gasteiger partial charge in [0.05, 0.1) is 33.4 Å². The van der Waals surface area contributed by atoms with E-state index in [-0.39, 0.29) is 12.3 Å². The number of carbonyl (C=O) groups excluding carboxylic acids is 1. The van der Waals surface area contributed by atoms with Crippen molar-refractivity contribution < 1.29 is 19.9 Å². The average Bonchev–Trinajstić information content (AvgIpc) is 2.84. The highest BCUT2D eigenvalue weighted by molar-refractivity contribution is 9.10. The molecule has 1 aromatic heterocycles. The van der Waals surface area contributed by atoms with Gasteiger partial charge in [-0.15, -0.1) is 0 Å². The van der Waals surface area contributed by atoms with Crippen molar-refractivity contribution in [1.82, 2.24) is 10.3 Å². The van der Waals surface area contributed by atoms with Crippen LogP contribution in [0.2, 0.25) is 0 Å². The topological polar surface area (TPSA) is 112 Å². The second kappa shape index (κ2) is 8.20. The molecule has 2 bridgehead atoms. The molecule has 2 aromatic carbocycles. The van der Waals surface area contributed by atoms with Crippen molar-refractivity contribution in [1.29, 1.82) is 0 Å². The summed E-state index contributed by atoms with van der Waals surface area (Å²) in [6, 6.07) is 15.4. The number of nitrogens with one attached hydrogen (secondary N) is 1. The molecule has 0 saturated heterocycles. The molecule has 0 spiro atoms. The van der Waals surface area contributed by atoms with Crippen LogP contribution in [0.1, 0.15) is 48.0 Å². The van der Waals surface area contributed by atoms with E-state index in [0.717, 1.165) is 26.7 Å². The Morgan fingerprint density at radius 3 is 2.44 bits per heavy atom. The third-order valence-corrected chi connectivity index (χ3v) is 8.00. The van der Waals surface area contributed by atoms with Gasteiger partial charge in [-0.25, -0.2) is 4.98 Å². The van der Waals surface area contributed by atoms with E-state index in [1.54, 1.807) is 0 Å². The Kier molecular flexibility index (Phi) is 5.43. The largest absolute Gasteiger partial charge is 0.481 e. The maximum absolute atomic E-state index is 13.9. The van der Waals surface area contributed by atoms with Crippen LogP contribution in [0.15, 0.2) is 58.2 Å². The van der Waals surface area contributed by atoms with Gasteiger partial charge in [0.2, 0.25) is 0 Å². The summed E-state index contributed by atoms with van der Waals surface area (Å²) in [5, 5.41) is 26.8. The molecule has 3 N–H and O–H groups in total. The summed E-state index contributed by atoms with van der Waals surface area (Å²) in [5.74, 6) is -1.16. The molecule has 0 aliphatic heterocycles. The minimum absolute atomic E-state index is 0.135. The molecule has 1 amide bonds. The fourth-order valence-corrected chi connectivity index (χ4v) is 5.87. The first-order chi connectivity index (χ1) is 16.3. The van der Waals surface area contributed by atoms with E-state index in [4.69, 9.17) is 4.98 Å². The van der Waals surface area contributed by atoms with E-state index in [0.29, 0.717) is 42.5 Å². The number of carboxylic acids is 1. The number of aliphatic carboxylic acids is 1. The Balaban J connectivity index is 1.61. The zero-order valence-electron chi connectivity index (χ0n) is 18.6. The predicted octanol–water partition coefficient (Wildman–Crippen LogP) is 5.32. The van der Waals surface area contributed by atoms with Gasteiger partial charge in [0.25, 0.3) is 5.91 Å². The molecule has 6 rings (SSSR count). The van der Waals surface area contributed by atoms with Crippen LogP contribution in [0.3, 0.4) is 0 Å². The Morgan fingerprint density at radius 2 is 1.79 bits per heavy atom. The van der Waals surface area contributed by atoms with Crippen molar-refractivity contribution >= 4 is 44.4 Å². The van der Waals surface area contributed by atoms with Crippen LogP contribution in [0.25, 0.3) is 22.2 Å². The zero-order chi connectivity index (χ0) is 24.1. The van der Waals surface area contributed by atoms with Crippen molar-refractivity contribution in [3.63, 3.8) is 0 Å². The lowest BCUT2D eigenvalue weighted by Gasteiger charge is -2.51. The van der Waals surface area contributed by atoms with Crippen LogP contribution < -0.4 is 5.32 Å². The van der Waals surface area contributed by atoms with Gasteiger partial charge in [0.15, 0.2) is 0 Å². The fourth-order valence-electron chi connectivity index (χ4n) is 5.51. The highest BCUT2D eigenvalue weighted by Crippen LogP contribution is 2.51. The van der Waals surface area contributed by atoms with Gasteiger partial charge >= 0.3 is 5.97 Å². The first-order valence-electron chi connectivity index (χ1n) is 11.2. The zero-order valence-corrected chi connectivity index (χ0v) is 20.2. The number of amides is 1. The predicted molar refractivity (Wildman–Crippen MR) is 132 cm³/mol. The Morgan fingerprint density at radius 1 is 1.09 bits per heavy atom. The summed E-state index contributed by atoms with van der Waals surface area (Å²) in [7, 11) is 0. The summed E-state index contributed by atoms with van der Waals surface area (Å²) in [6.45, 7) is 1.89. The maximum Gasteiger partial charge on any atom is 0.310 e. The van der Waals surface area contributed by atoms with Crippen LogP contribution in [-0.4, -0.2) is 38.4 Å². The normalized spacial score (nSPS) is 24.9. The number of halogens is 1. The first kappa shape index (κ1) is 22.5. The molecule has 34 heavy (non-hydrogen) atoms. The van der Waals surface area contributed by atoms with Gasteiger partial charge in [-0.1, -0.05) is 51.4 Å². The molecule has 3 aliphatic carbocycles. The Labute approximate surface area is 205 Å². The summed E-state index contributed by atoms with van der Waals surface area (Å²) in [6.07, 6.45) is 1.83. The third kappa shape index (κ3) is 3.48. The van der Waals surface area contributed by atoms with E-state index >= 15 is 0 Å². The highest BCUT2D eigenvalue weighted by atomic mass is 79.9. The second-order valence-electron chi connectivity index (χ2n) is 9.33. The molecule has 3 aliphatic rings. The van der Waals surface area contributed by atoms with Gasteiger partial charge < -0.3 is 15.6 Å². The summed E-state index contributed by atoms with van der Waals surface area (Å²) >= 11 is 3.51. The summed E-state index contributed by atoms with van der Waals surface area (Å²) in [5.41, 5.74) is 2.16. The quantitative estimate of drug-likeness (QED) is 0.317. The van der Waals surface area contributed by atoms with Crippen LogP contribution in [0, 0.1) is 12.3 Å². The van der Waals surface area contributed by atoms with Crippen LogP contribution >= 0.6 is 15.9 Å². The van der Waals surface area contributed by atoms with E-state index in [1.807, 2.05) is 55.5 Å². The molecule has 174 valence electrons. The molecule has 0 atom stereocenters. The van der Waals surface area contributed by atoms with Crippen molar-refractivity contribution in [2.24, 2.45) is 10.6 Å². The number of rotatable bonds is 4. The SMILES string of the molecule is Cc1c(-c2ccccc2)nc2ccc(Br)cc2c1C(=O)NC12CCC(C(=O)O)(CC1)C/C2=N\O. The maximum atomic E-state index is 13.9. The minimum Gasteiger partial charge on any atom is -0.481 e. The summed E-state index contributed by atoms with van der Waals surface area (Å²) < 4.78 is 0.833. The number of hydrogen-bond donors (Lipinski definition) is 3. The average molecular weight is 522 g/mol. The smallest absolute Gasteiger partial charge is 0.310 e. The van der Waals surface area contributed by atoms with Gasteiger partial charge in [0.1, 0.15) is 0 Å².